The first kappa shape index (κ1) is 11.6. The molecule has 3 rings (SSSR count). The number of fused-ring (bicyclic) bond motifs is 1. The summed E-state index contributed by atoms with van der Waals surface area (Å²) in [5, 5.41) is 0.697. The molecule has 1 aromatic carbocycles. The maximum Gasteiger partial charge on any atom is 0.153 e. The van der Waals surface area contributed by atoms with Crippen molar-refractivity contribution in [2.75, 3.05) is 5.73 Å². The highest BCUT2D eigenvalue weighted by Crippen LogP contribution is 2.29. The highest BCUT2D eigenvalue weighted by atomic mass is 79.9. The van der Waals surface area contributed by atoms with Crippen LogP contribution in [0.15, 0.2) is 47.1 Å². The van der Waals surface area contributed by atoms with Gasteiger partial charge in [0.25, 0.3) is 0 Å². The van der Waals surface area contributed by atoms with E-state index in [2.05, 4.69) is 20.9 Å². The first-order valence-electron chi connectivity index (χ1n) is 5.35. The third kappa shape index (κ3) is 1.78. The van der Waals surface area contributed by atoms with Crippen LogP contribution in [0.5, 0.6) is 0 Å². The molecule has 0 saturated heterocycles. The van der Waals surface area contributed by atoms with Gasteiger partial charge in [0, 0.05) is 16.8 Å². The van der Waals surface area contributed by atoms with Gasteiger partial charge in [0.1, 0.15) is 11.5 Å². The molecule has 90 valence electrons. The molecule has 0 spiro atoms. The van der Waals surface area contributed by atoms with E-state index in [9.17, 15) is 0 Å². The van der Waals surface area contributed by atoms with Crippen LogP contribution in [-0.2, 0) is 0 Å². The zero-order valence-corrected chi connectivity index (χ0v) is 11.6. The lowest BCUT2D eigenvalue weighted by atomic mass is 10.1. The minimum atomic E-state index is 0.619. The Morgan fingerprint density at radius 3 is 2.56 bits per heavy atom. The quantitative estimate of drug-likeness (QED) is 0.736. The van der Waals surface area contributed by atoms with Gasteiger partial charge in [0.05, 0.1) is 4.47 Å². The SMILES string of the molecule is Nc1c(-c2ccc(Cl)cc2)nc2c(Br)cccn12. The topological polar surface area (TPSA) is 43.3 Å². The largest absolute Gasteiger partial charge is 0.383 e. The van der Waals surface area contributed by atoms with Crippen LogP contribution in [0, 0.1) is 0 Å². The monoisotopic (exact) mass is 321 g/mol. The van der Waals surface area contributed by atoms with Crippen LogP contribution >= 0.6 is 27.5 Å². The molecule has 18 heavy (non-hydrogen) atoms. The van der Waals surface area contributed by atoms with Gasteiger partial charge < -0.3 is 5.73 Å². The van der Waals surface area contributed by atoms with Gasteiger partial charge in [-0.05, 0) is 40.2 Å². The summed E-state index contributed by atoms with van der Waals surface area (Å²) in [5.74, 6) is 0.619. The standard InChI is InChI=1S/C13H9BrClN3/c14-10-2-1-7-18-12(16)11(17-13(10)18)8-3-5-9(15)6-4-8/h1-7H,16H2. The molecule has 3 aromatic rings. The van der Waals surface area contributed by atoms with Crippen LogP contribution in [0.1, 0.15) is 0 Å². The number of benzene rings is 1. The van der Waals surface area contributed by atoms with Gasteiger partial charge in [0.2, 0.25) is 0 Å². The molecule has 0 aliphatic rings. The van der Waals surface area contributed by atoms with Crippen molar-refractivity contribution in [3.63, 3.8) is 0 Å². The zero-order valence-electron chi connectivity index (χ0n) is 9.27. The molecular weight excluding hydrogens is 314 g/mol. The van der Waals surface area contributed by atoms with Gasteiger partial charge in [-0.1, -0.05) is 23.7 Å². The number of nitrogen functional groups attached to an aromatic ring is 1. The van der Waals surface area contributed by atoms with Gasteiger partial charge in [-0.3, -0.25) is 4.40 Å². The molecular formula is C13H9BrClN3. The summed E-state index contributed by atoms with van der Waals surface area (Å²) in [5.41, 5.74) is 8.64. The Morgan fingerprint density at radius 2 is 1.89 bits per heavy atom. The van der Waals surface area contributed by atoms with Crippen LogP contribution in [0.4, 0.5) is 5.82 Å². The van der Waals surface area contributed by atoms with E-state index >= 15 is 0 Å². The van der Waals surface area contributed by atoms with Gasteiger partial charge in [-0.15, -0.1) is 0 Å². The highest BCUT2D eigenvalue weighted by Gasteiger charge is 2.12. The number of rotatable bonds is 1. The number of hydrogen-bond donors (Lipinski definition) is 1. The molecule has 0 amide bonds. The van der Waals surface area contributed by atoms with Crippen molar-refractivity contribution in [3.05, 3.63) is 52.1 Å². The summed E-state index contributed by atoms with van der Waals surface area (Å²) in [7, 11) is 0. The van der Waals surface area contributed by atoms with Crippen molar-refractivity contribution >= 4 is 39.0 Å². The Morgan fingerprint density at radius 1 is 1.17 bits per heavy atom. The number of pyridine rings is 1. The number of hydrogen-bond acceptors (Lipinski definition) is 2. The predicted octanol–water partition coefficient (Wildman–Crippen LogP) is 4.00. The average Bonchev–Trinajstić information content (AvgIpc) is 2.70. The Bertz CT molecular complexity index is 719. The number of aromatic nitrogens is 2. The van der Waals surface area contributed by atoms with Crippen LogP contribution in [0.2, 0.25) is 5.02 Å². The second kappa shape index (κ2) is 4.30. The number of nitrogens with zero attached hydrogens (tertiary/aromatic N) is 2. The molecule has 0 radical (unpaired) electrons. The van der Waals surface area contributed by atoms with Gasteiger partial charge >= 0.3 is 0 Å². The van der Waals surface area contributed by atoms with E-state index in [1.807, 2.05) is 47.0 Å². The summed E-state index contributed by atoms with van der Waals surface area (Å²) in [4.78, 5) is 4.56. The lowest BCUT2D eigenvalue weighted by Gasteiger charge is -1.99. The van der Waals surface area contributed by atoms with Crippen LogP contribution in [0.3, 0.4) is 0 Å². The molecule has 0 saturated carbocycles. The van der Waals surface area contributed by atoms with Crippen molar-refractivity contribution in [1.29, 1.82) is 0 Å². The molecule has 0 atom stereocenters. The molecule has 0 aliphatic carbocycles. The molecule has 0 aliphatic heterocycles. The molecule has 3 nitrogen and oxygen atoms in total. The fraction of sp³-hybridized carbons (Fsp3) is 0. The molecule has 2 heterocycles. The Hall–Kier alpha value is -1.52. The zero-order chi connectivity index (χ0) is 12.7. The number of anilines is 1. The summed E-state index contributed by atoms with van der Waals surface area (Å²) in [6, 6.07) is 11.3. The van der Waals surface area contributed by atoms with Gasteiger partial charge in [-0.25, -0.2) is 4.98 Å². The third-order valence-electron chi connectivity index (χ3n) is 2.76. The molecule has 0 bridgehead atoms. The van der Waals surface area contributed by atoms with E-state index in [0.29, 0.717) is 10.8 Å². The maximum atomic E-state index is 6.12. The van der Waals surface area contributed by atoms with Crippen molar-refractivity contribution in [2.45, 2.75) is 0 Å². The molecule has 2 aromatic heterocycles. The number of nitrogens with two attached hydrogens (primary N) is 1. The molecule has 0 unspecified atom stereocenters. The summed E-state index contributed by atoms with van der Waals surface area (Å²) in [6.45, 7) is 0. The Balaban J connectivity index is 2.27. The lowest BCUT2D eigenvalue weighted by molar-refractivity contribution is 1.19. The van der Waals surface area contributed by atoms with E-state index in [0.717, 1.165) is 21.4 Å². The third-order valence-corrected chi connectivity index (χ3v) is 3.63. The van der Waals surface area contributed by atoms with Gasteiger partial charge in [0.15, 0.2) is 5.65 Å². The maximum absolute atomic E-state index is 6.12. The van der Waals surface area contributed by atoms with Crippen LogP contribution < -0.4 is 5.73 Å². The van der Waals surface area contributed by atoms with Crippen LogP contribution in [0.25, 0.3) is 16.9 Å². The summed E-state index contributed by atoms with van der Waals surface area (Å²) < 4.78 is 2.77. The normalized spacial score (nSPS) is 11.0. The first-order chi connectivity index (χ1) is 8.66. The molecule has 0 fully saturated rings. The first-order valence-corrected chi connectivity index (χ1v) is 6.52. The second-order valence-electron chi connectivity index (χ2n) is 3.90. The smallest absolute Gasteiger partial charge is 0.153 e. The van der Waals surface area contributed by atoms with Crippen molar-refractivity contribution in [3.8, 4) is 11.3 Å². The number of imidazole rings is 1. The fourth-order valence-electron chi connectivity index (χ4n) is 1.87. The van der Waals surface area contributed by atoms with E-state index in [4.69, 9.17) is 17.3 Å². The second-order valence-corrected chi connectivity index (χ2v) is 5.19. The lowest BCUT2D eigenvalue weighted by Crippen LogP contribution is -1.93. The summed E-state index contributed by atoms with van der Waals surface area (Å²) >= 11 is 9.35. The Labute approximate surface area is 117 Å². The van der Waals surface area contributed by atoms with E-state index in [1.54, 1.807) is 0 Å². The van der Waals surface area contributed by atoms with E-state index in [-0.39, 0.29) is 0 Å². The van der Waals surface area contributed by atoms with Crippen molar-refractivity contribution in [1.82, 2.24) is 9.38 Å². The predicted molar refractivity (Wildman–Crippen MR) is 77.8 cm³/mol. The van der Waals surface area contributed by atoms with Crippen molar-refractivity contribution < 1.29 is 0 Å². The highest BCUT2D eigenvalue weighted by molar-refractivity contribution is 9.10. The number of halogens is 2. The van der Waals surface area contributed by atoms with Crippen LogP contribution in [-0.4, -0.2) is 9.38 Å². The minimum Gasteiger partial charge on any atom is -0.383 e. The van der Waals surface area contributed by atoms with Crippen molar-refractivity contribution in [2.24, 2.45) is 0 Å². The molecule has 5 heteroatoms. The van der Waals surface area contributed by atoms with E-state index in [1.165, 1.54) is 0 Å². The minimum absolute atomic E-state index is 0.619. The van der Waals surface area contributed by atoms with E-state index < -0.39 is 0 Å². The fourth-order valence-corrected chi connectivity index (χ4v) is 2.43. The van der Waals surface area contributed by atoms with Gasteiger partial charge in [-0.2, -0.15) is 0 Å². The average molecular weight is 323 g/mol. The Kier molecular flexibility index (Phi) is 2.76. The molecule has 2 N–H and O–H groups in total. The summed E-state index contributed by atoms with van der Waals surface area (Å²) in [6.07, 6.45) is 1.89.